The van der Waals surface area contributed by atoms with Gasteiger partial charge in [0.05, 0.1) is 17.2 Å². The maximum atomic E-state index is 13.2. The number of pyridine rings is 7. The molecular weight excluding hydrogens is 2450 g/mol. The second-order valence-corrected chi connectivity index (χ2v) is 21.8. The smallest absolute Gasteiger partial charge is 0.354 e. The van der Waals surface area contributed by atoms with Crippen LogP contribution in [0.5, 0.6) is 0 Å². The fourth-order valence-electron chi connectivity index (χ4n) is 8.51. The normalized spacial score (nSPS) is 10.0. The Balaban J connectivity index is 0.000000346. The zero-order valence-electron chi connectivity index (χ0n) is 58.5. The molecule has 24 nitrogen and oxygen atoms in total. The van der Waals surface area contributed by atoms with Crippen LogP contribution in [0.2, 0.25) is 0 Å². The molecule has 118 heavy (non-hydrogen) atoms. The number of imidazole rings is 1. The Bertz CT molecular complexity index is 5090. The quantitative estimate of drug-likeness (QED) is 0.0422. The molecule has 11 heterocycles. The van der Waals surface area contributed by atoms with E-state index in [1.807, 2.05) is 60.7 Å². The molecular formula is C77H52F12Ir5N22O2-7. The number of nitrogens with two attached hydrogens (primary N) is 1. The number of aromatic nitrogens is 18. The molecule has 0 saturated carbocycles. The van der Waals surface area contributed by atoms with E-state index in [9.17, 15) is 56.3 Å². The topological polar surface area (TPSA) is 328 Å². The minimum absolute atomic E-state index is 0. The molecule has 0 aliphatic carbocycles. The van der Waals surface area contributed by atoms with E-state index in [1.165, 1.54) is 18.5 Å². The van der Waals surface area contributed by atoms with Crippen LogP contribution in [0.4, 0.5) is 51.5 Å². The van der Waals surface area contributed by atoms with Gasteiger partial charge in [0, 0.05) is 188 Å². The van der Waals surface area contributed by atoms with Gasteiger partial charge in [0.2, 0.25) is 0 Å². The van der Waals surface area contributed by atoms with Crippen molar-refractivity contribution in [3.63, 3.8) is 0 Å². The predicted octanol–water partition coefficient (Wildman–Crippen LogP) is 16.4. The molecule has 0 aliphatic heterocycles. The average molecular weight is 2510 g/mol. The van der Waals surface area contributed by atoms with E-state index in [1.54, 1.807) is 145 Å². The minimum atomic E-state index is -4.50. The zero-order chi connectivity index (χ0) is 80.6. The van der Waals surface area contributed by atoms with Crippen molar-refractivity contribution in [1.82, 2.24) is 90.7 Å². The summed E-state index contributed by atoms with van der Waals surface area (Å²) in [5.74, 6) is -0.920. The van der Waals surface area contributed by atoms with Gasteiger partial charge in [-0.25, -0.2) is 14.8 Å². The molecule has 41 heteroatoms. The molecule has 0 fully saturated rings. The Morgan fingerprint density at radius 3 is 1.14 bits per heavy atom. The molecule has 0 aliphatic rings. The monoisotopic (exact) mass is 2510 g/mol. The van der Waals surface area contributed by atoms with E-state index >= 15 is 0 Å². The predicted molar refractivity (Wildman–Crippen MR) is 384 cm³/mol. The van der Waals surface area contributed by atoms with Crippen LogP contribution < -0.4 is 21.1 Å². The van der Waals surface area contributed by atoms with E-state index < -0.39 is 82.4 Å². The number of para-hydroxylation sites is 1. The first-order chi connectivity index (χ1) is 54.8. The third kappa shape index (κ3) is 33.2. The fourth-order valence-corrected chi connectivity index (χ4v) is 8.72. The Morgan fingerprint density at radius 2 is 0.847 bits per heavy atom. The summed E-state index contributed by atoms with van der Waals surface area (Å²) in [7, 11) is 0. The van der Waals surface area contributed by atoms with Gasteiger partial charge in [0.15, 0.2) is 0 Å². The maximum absolute atomic E-state index is 13.2. The van der Waals surface area contributed by atoms with Crippen molar-refractivity contribution in [2.75, 3.05) is 0 Å². The Kier molecular flexibility index (Phi) is 45.7. The van der Waals surface area contributed by atoms with Crippen molar-refractivity contribution in [2.45, 2.75) is 13.6 Å². The molecule has 11 aromatic heterocycles. The second kappa shape index (κ2) is 53.9. The van der Waals surface area contributed by atoms with Gasteiger partial charge in [-0.15, -0.1) is 48.5 Å². The van der Waals surface area contributed by atoms with E-state index in [-0.39, 0.29) is 121 Å². The van der Waals surface area contributed by atoms with Gasteiger partial charge in [-0.1, -0.05) is 151 Å². The number of carboxylic acids is 1. The van der Waals surface area contributed by atoms with Gasteiger partial charge in [-0.2, -0.15) is 18.4 Å². The standard InChI is InChI=1S/C13H8F3N4.4C11H6F2N.C7H5N4.C6H4N5.C6H5NO2.CH4.FH.5Ir.H2N4/c14-13(15,16)11-8-10(18-19-11)12-17-6-7-20(12)9-4-2-1-3-5-9;4*12-8-4-5-9(10(13)7-8)11-3-1-2-6-14-11;1-2-4-8-6(3-1)7-5-9-11-10-7;1-2-4-7-5(3-1)6-8-10-11-9-6;8-6(9)5-3-1-2-4-7-5;;;;;;;;1-3-4-2/h1-8H;4*1-4,6-7H;1-5H;1-4H;1-4H,(H,8,9);1H4;1H;;;;;;(H2,1,4)/q7*-1;;;;;;;;+1;/p-1. The summed E-state index contributed by atoms with van der Waals surface area (Å²) in [6.07, 6.45) is 11.3. The van der Waals surface area contributed by atoms with Crippen LogP contribution in [0.1, 0.15) is 23.6 Å². The van der Waals surface area contributed by atoms with Gasteiger partial charge in [-0.3, -0.25) is 60.6 Å². The van der Waals surface area contributed by atoms with Crippen molar-refractivity contribution in [1.29, 1.82) is 0 Å². The van der Waals surface area contributed by atoms with E-state index in [2.05, 4.69) is 130 Å². The molecule has 0 bridgehead atoms. The molecule has 3 N–H and O–H groups in total. The van der Waals surface area contributed by atoms with Gasteiger partial charge in [0.1, 0.15) is 17.2 Å². The van der Waals surface area contributed by atoms with E-state index in [0.29, 0.717) is 45.8 Å². The number of hydrogen-bond acceptors (Lipinski definition) is 17. The minimum Gasteiger partial charge on any atom is -0.477 e. The molecule has 0 amide bonds. The number of halogens is 12. The number of alkyl halides is 3. The third-order valence-corrected chi connectivity index (χ3v) is 13.8. The summed E-state index contributed by atoms with van der Waals surface area (Å²) in [4.78, 5) is 41.6. The van der Waals surface area contributed by atoms with Crippen LogP contribution in [0.25, 0.3) is 85.1 Å². The zero-order valence-corrected chi connectivity index (χ0v) is 70.5. The number of tetrazole rings is 1. The molecule has 0 saturated heterocycles. The first-order valence-electron chi connectivity index (χ1n) is 31.6. The average Bonchev–Trinajstić information content (AvgIpc) is 1.69. The number of carbonyl (C=O) groups is 1. The number of carboxylic acid groups (broad SMARTS) is 1. The van der Waals surface area contributed by atoms with Crippen molar-refractivity contribution in [3.8, 4) is 85.1 Å². The maximum Gasteiger partial charge on any atom is 0.354 e. The molecule has 16 aromatic rings. The van der Waals surface area contributed by atoms with Gasteiger partial charge < -0.3 is 55.1 Å². The van der Waals surface area contributed by atoms with Gasteiger partial charge >= 0.3 is 53.4 Å². The number of aromatic carboxylic acids is 1. The van der Waals surface area contributed by atoms with Crippen LogP contribution in [-0.4, -0.2) is 86.5 Å². The Morgan fingerprint density at radius 1 is 0.458 bits per heavy atom. The van der Waals surface area contributed by atoms with E-state index in [0.717, 1.165) is 66.0 Å². The number of rotatable bonds is 10. The van der Waals surface area contributed by atoms with Crippen LogP contribution in [-0.2, 0) is 105 Å². The van der Waals surface area contributed by atoms with Crippen LogP contribution in [0, 0.1) is 70.8 Å². The summed E-state index contributed by atoms with van der Waals surface area (Å²) in [5.41, 5.74) is 4.69. The molecule has 0 unspecified atom stereocenters. The third-order valence-electron chi connectivity index (χ3n) is 13.4. The number of hydrogen-bond donors (Lipinski definition) is 2. The van der Waals surface area contributed by atoms with Gasteiger partial charge in [-0.05, 0) is 107 Å². The summed E-state index contributed by atoms with van der Waals surface area (Å²) in [5, 5.41) is 45.3. The molecule has 0 spiro atoms. The van der Waals surface area contributed by atoms with E-state index in [4.69, 9.17) is 5.11 Å². The Labute approximate surface area is 726 Å². The SMILES string of the molecule is C.FC(F)(F)c1cc(-c2nccn2-c2ccccc2)[n-]n1.Fc1c[c-]c(-c2ccccn2)c(F)c1.Fc1c[c-]c(-c2ccccn2)c(F)c1.Fc1c[c-]c(-c2ccccn2)c(F)c1.Fc1c[c-]c(-c2ccccn2)c(F)c1.N/N=N/[N]=[Ir][F].O=C(O)c1ccccn1.[Ir].[Ir].[Ir].[Ir].c1ccc(-c2cnn[n-]2)nc1.c1ccc(-c2nnn[n-]2)nc1. The second-order valence-electron chi connectivity index (χ2n) is 20.9. The summed E-state index contributed by atoms with van der Waals surface area (Å²) >= 11 is -1.72. The molecule has 16 rings (SSSR count). The van der Waals surface area contributed by atoms with Crippen LogP contribution in [0.15, 0.2) is 288 Å². The van der Waals surface area contributed by atoms with Gasteiger partial charge in [0.25, 0.3) is 0 Å². The molecule has 0 atom stereocenters. The number of benzene rings is 5. The first-order valence-corrected chi connectivity index (χ1v) is 33.6. The molecule has 4 radical (unpaired) electrons. The largest absolute Gasteiger partial charge is 0.477 e. The summed E-state index contributed by atoms with van der Waals surface area (Å²) < 4.78 is 156. The summed E-state index contributed by atoms with van der Waals surface area (Å²) in [6.45, 7) is 0. The van der Waals surface area contributed by atoms with Crippen molar-refractivity contribution >= 4 is 5.97 Å². The molecule has 5 aromatic carbocycles. The van der Waals surface area contributed by atoms with Crippen molar-refractivity contribution in [3.05, 3.63) is 356 Å². The molecule has 618 valence electrons. The van der Waals surface area contributed by atoms with Crippen LogP contribution in [0.3, 0.4) is 0 Å². The Hall–Kier alpha value is -12.1. The number of nitrogens with zero attached hydrogens (tertiary/aromatic N) is 21. The van der Waals surface area contributed by atoms with Crippen LogP contribution >= 0.6 is 0 Å². The summed E-state index contributed by atoms with van der Waals surface area (Å²) in [6, 6.07) is 64.0. The van der Waals surface area contributed by atoms with Crippen molar-refractivity contribution < 1.29 is 160 Å². The van der Waals surface area contributed by atoms with Crippen molar-refractivity contribution in [2.24, 2.45) is 20.0 Å². The first kappa shape index (κ1) is 100. The fraction of sp³-hybridized carbons (Fsp3) is 0.0260.